The van der Waals surface area contributed by atoms with E-state index in [9.17, 15) is 5.11 Å². The van der Waals surface area contributed by atoms with Crippen molar-refractivity contribution in [3.05, 3.63) is 10.7 Å². The Kier molecular flexibility index (Phi) is 5.32. The molecule has 0 aliphatic rings. The van der Waals surface area contributed by atoms with E-state index >= 15 is 0 Å². The third-order valence-corrected chi connectivity index (χ3v) is 4.34. The summed E-state index contributed by atoms with van der Waals surface area (Å²) in [5.74, 6) is 0. The largest absolute Gasteiger partial charge is 0.430 e. The molecule has 2 heterocycles. The Labute approximate surface area is 131 Å². The van der Waals surface area contributed by atoms with E-state index in [0.717, 1.165) is 27.4 Å². The molecule has 0 aliphatic heterocycles. The van der Waals surface area contributed by atoms with Gasteiger partial charge in [0.1, 0.15) is 11.6 Å². The van der Waals surface area contributed by atoms with Crippen LogP contribution in [0, 0.1) is 13.8 Å². The minimum absolute atomic E-state index is 0.406. The Morgan fingerprint density at radius 3 is 2.76 bits per heavy atom. The molecule has 9 heteroatoms. The summed E-state index contributed by atoms with van der Waals surface area (Å²) in [6.07, 6.45) is -0.476. The van der Waals surface area contributed by atoms with Crippen LogP contribution in [0.5, 0.6) is 0 Å². The van der Waals surface area contributed by atoms with Gasteiger partial charge in [0.25, 0.3) is 0 Å². The van der Waals surface area contributed by atoms with E-state index in [-0.39, 0.29) is 0 Å². The molecule has 1 atom stereocenters. The van der Waals surface area contributed by atoms with Gasteiger partial charge < -0.3 is 10.4 Å². The number of nitrogens with zero attached hydrogens (tertiary/aromatic N) is 5. The molecule has 21 heavy (non-hydrogen) atoms. The third-order valence-electron chi connectivity index (χ3n) is 2.48. The first kappa shape index (κ1) is 15.9. The summed E-state index contributed by atoms with van der Waals surface area (Å²) in [5.41, 5.74) is 0.850. The van der Waals surface area contributed by atoms with Crippen molar-refractivity contribution in [3.63, 3.8) is 0 Å². The van der Waals surface area contributed by atoms with Gasteiger partial charge in [-0.3, -0.25) is 0 Å². The number of anilines is 1. The molecule has 0 fully saturated rings. The molecule has 0 aliphatic carbocycles. The van der Waals surface area contributed by atoms with E-state index in [2.05, 4.69) is 25.6 Å². The molecule has 2 aromatic rings. The molecule has 2 N–H and O–H groups in total. The molecular formula is C12H19N6OS2+. The lowest BCUT2D eigenvalue weighted by atomic mass is 10.4. The minimum atomic E-state index is -0.476. The smallest absolute Gasteiger partial charge is 0.389 e. The lowest BCUT2D eigenvalue weighted by Gasteiger charge is -1.96. The van der Waals surface area contributed by atoms with E-state index in [1.165, 1.54) is 22.7 Å². The Hall–Kier alpha value is -1.45. The monoisotopic (exact) mass is 327 g/mol. The maximum Gasteiger partial charge on any atom is 0.430 e. The van der Waals surface area contributed by atoms with Crippen molar-refractivity contribution < 1.29 is 9.79 Å². The quantitative estimate of drug-likeness (QED) is 0.631. The van der Waals surface area contributed by atoms with Gasteiger partial charge in [0.2, 0.25) is 0 Å². The standard InChI is InChI=1S/C12H18N6OS2/c1-5-13-11-14-8(3)10(21-11)15-16-12-18(6-7(2)19)17-9(4)20-12/h7,19H,5-6H2,1-4H3/p+1. The number of hydrogen-bond donors (Lipinski definition) is 2. The van der Waals surface area contributed by atoms with Crippen LogP contribution in [0.4, 0.5) is 15.3 Å². The highest BCUT2D eigenvalue weighted by Gasteiger charge is 2.19. The Balaban J connectivity index is 2.21. The summed E-state index contributed by atoms with van der Waals surface area (Å²) in [6, 6.07) is 0. The van der Waals surface area contributed by atoms with Gasteiger partial charge in [0.15, 0.2) is 10.1 Å². The minimum Gasteiger partial charge on any atom is -0.389 e. The highest BCUT2D eigenvalue weighted by Crippen LogP contribution is 2.32. The lowest BCUT2D eigenvalue weighted by Crippen LogP contribution is -2.40. The first-order chi connectivity index (χ1) is 9.99. The summed E-state index contributed by atoms with van der Waals surface area (Å²) in [5, 5.41) is 28.7. The third kappa shape index (κ3) is 4.26. The van der Waals surface area contributed by atoms with Crippen LogP contribution >= 0.6 is 22.7 Å². The number of thiazole rings is 1. The van der Waals surface area contributed by atoms with Crippen LogP contribution in [0.1, 0.15) is 24.5 Å². The van der Waals surface area contributed by atoms with E-state index in [1.54, 1.807) is 11.6 Å². The van der Waals surface area contributed by atoms with Crippen molar-refractivity contribution >= 4 is 37.9 Å². The van der Waals surface area contributed by atoms with Gasteiger partial charge in [0.05, 0.1) is 16.9 Å². The van der Waals surface area contributed by atoms with Gasteiger partial charge in [0, 0.05) is 6.54 Å². The molecule has 0 saturated carbocycles. The topological polar surface area (TPSA) is 86.6 Å². The van der Waals surface area contributed by atoms with Crippen molar-refractivity contribution in [2.45, 2.75) is 40.3 Å². The fourth-order valence-electron chi connectivity index (χ4n) is 1.66. The first-order valence-corrected chi connectivity index (χ1v) is 8.31. The van der Waals surface area contributed by atoms with Crippen molar-refractivity contribution in [1.29, 1.82) is 0 Å². The van der Waals surface area contributed by atoms with E-state index in [0.29, 0.717) is 11.7 Å². The van der Waals surface area contributed by atoms with E-state index in [4.69, 9.17) is 0 Å². The SMILES string of the molecule is CCNc1nc(C)c(N=Nc2sc(C)n[n+]2CC(C)O)s1. The number of aliphatic hydroxyl groups is 1. The van der Waals surface area contributed by atoms with Gasteiger partial charge in [-0.15, -0.1) is 4.68 Å². The Bertz CT molecular complexity index is 634. The highest BCUT2D eigenvalue weighted by atomic mass is 32.1. The average Bonchev–Trinajstić information content (AvgIpc) is 2.90. The molecule has 0 amide bonds. The number of rotatable bonds is 6. The summed E-state index contributed by atoms with van der Waals surface area (Å²) in [7, 11) is 0. The van der Waals surface area contributed by atoms with Crippen LogP contribution in [0.3, 0.4) is 0 Å². The lowest BCUT2D eigenvalue weighted by molar-refractivity contribution is -0.743. The fourth-order valence-corrected chi connectivity index (χ4v) is 3.22. The maximum absolute atomic E-state index is 9.49. The number of azo groups is 1. The molecular weight excluding hydrogens is 308 g/mol. The average molecular weight is 327 g/mol. The predicted molar refractivity (Wildman–Crippen MR) is 83.9 cm³/mol. The number of aryl methyl sites for hydroxylation is 2. The molecule has 114 valence electrons. The molecule has 0 bridgehead atoms. The maximum atomic E-state index is 9.49. The molecule has 0 spiro atoms. The molecule has 0 radical (unpaired) electrons. The van der Waals surface area contributed by atoms with Gasteiger partial charge in [-0.25, -0.2) is 4.98 Å². The van der Waals surface area contributed by atoms with Crippen molar-refractivity contribution in [2.75, 3.05) is 11.9 Å². The number of hydrogen-bond acceptors (Lipinski definition) is 8. The highest BCUT2D eigenvalue weighted by molar-refractivity contribution is 7.19. The summed E-state index contributed by atoms with van der Waals surface area (Å²) in [4.78, 5) is 4.38. The fraction of sp³-hybridized carbons (Fsp3) is 0.583. The second-order valence-electron chi connectivity index (χ2n) is 4.57. The van der Waals surface area contributed by atoms with Crippen LogP contribution in [0.2, 0.25) is 0 Å². The van der Waals surface area contributed by atoms with E-state index < -0.39 is 6.10 Å². The zero-order chi connectivity index (χ0) is 15.4. The van der Waals surface area contributed by atoms with Crippen LogP contribution in [0.25, 0.3) is 0 Å². The van der Waals surface area contributed by atoms with Crippen molar-refractivity contribution in [2.24, 2.45) is 10.2 Å². The van der Waals surface area contributed by atoms with Crippen LogP contribution in [0.15, 0.2) is 10.2 Å². The molecule has 0 aromatic carbocycles. The second-order valence-corrected chi connectivity index (χ2v) is 6.71. The number of nitrogens with one attached hydrogen (secondary N) is 1. The zero-order valence-electron chi connectivity index (χ0n) is 12.5. The first-order valence-electron chi connectivity index (χ1n) is 6.68. The Morgan fingerprint density at radius 1 is 1.33 bits per heavy atom. The molecule has 7 nitrogen and oxygen atoms in total. The molecule has 0 saturated heterocycles. The molecule has 1 unspecified atom stereocenters. The molecule has 2 rings (SSSR count). The van der Waals surface area contributed by atoms with Crippen LogP contribution < -0.4 is 10.00 Å². The van der Waals surface area contributed by atoms with Crippen LogP contribution in [-0.2, 0) is 6.54 Å². The second kappa shape index (κ2) is 7.01. The van der Waals surface area contributed by atoms with Crippen molar-refractivity contribution in [3.8, 4) is 0 Å². The van der Waals surface area contributed by atoms with Crippen LogP contribution in [-0.4, -0.2) is 27.8 Å². The molecule has 2 aromatic heterocycles. The summed E-state index contributed by atoms with van der Waals surface area (Å²) < 4.78 is 1.68. The number of aliphatic hydroxyl groups excluding tert-OH is 1. The summed E-state index contributed by atoms with van der Waals surface area (Å²) in [6.45, 7) is 8.79. The van der Waals surface area contributed by atoms with Gasteiger partial charge in [-0.1, -0.05) is 16.4 Å². The van der Waals surface area contributed by atoms with E-state index in [1.807, 2.05) is 20.8 Å². The number of aromatic nitrogens is 3. The van der Waals surface area contributed by atoms with Gasteiger partial charge in [-0.05, 0) is 44.1 Å². The Morgan fingerprint density at radius 2 is 2.10 bits per heavy atom. The van der Waals surface area contributed by atoms with Gasteiger partial charge in [-0.2, -0.15) is 0 Å². The predicted octanol–water partition coefficient (Wildman–Crippen LogP) is 2.73. The van der Waals surface area contributed by atoms with Crippen molar-refractivity contribution in [1.82, 2.24) is 10.1 Å². The zero-order valence-corrected chi connectivity index (χ0v) is 14.1. The van der Waals surface area contributed by atoms with Gasteiger partial charge >= 0.3 is 5.13 Å². The summed E-state index contributed by atoms with van der Waals surface area (Å²) >= 11 is 2.92. The normalized spacial score (nSPS) is 13.0.